The van der Waals surface area contributed by atoms with Crippen LogP contribution < -0.4 is 5.32 Å². The number of imidazole rings is 1. The zero-order valence-corrected chi connectivity index (χ0v) is 20.0. The molecule has 2 aromatic carbocycles. The van der Waals surface area contributed by atoms with E-state index in [0.29, 0.717) is 18.4 Å². The molecular formula is C28H35N3O2. The van der Waals surface area contributed by atoms with Crippen molar-refractivity contribution in [1.29, 1.82) is 0 Å². The van der Waals surface area contributed by atoms with Gasteiger partial charge in [-0.3, -0.25) is 9.59 Å². The monoisotopic (exact) mass is 445 g/mol. The van der Waals surface area contributed by atoms with Crippen molar-refractivity contribution in [2.45, 2.75) is 64.8 Å². The van der Waals surface area contributed by atoms with E-state index in [1.54, 1.807) is 0 Å². The number of aryl methyl sites for hydroxylation is 1. The maximum Gasteiger partial charge on any atom is 0.219 e. The Morgan fingerprint density at radius 3 is 2.55 bits per heavy atom. The average Bonchev–Trinajstić information content (AvgIpc) is 3.43. The van der Waals surface area contributed by atoms with Gasteiger partial charge in [-0.05, 0) is 56.6 Å². The smallest absolute Gasteiger partial charge is 0.219 e. The summed E-state index contributed by atoms with van der Waals surface area (Å²) >= 11 is 0. The molecule has 1 aliphatic carbocycles. The molecule has 0 radical (unpaired) electrons. The van der Waals surface area contributed by atoms with Crippen LogP contribution in [0.2, 0.25) is 0 Å². The van der Waals surface area contributed by atoms with Gasteiger partial charge in [0, 0.05) is 36.6 Å². The Bertz CT molecular complexity index is 1120. The van der Waals surface area contributed by atoms with Crippen LogP contribution in [0.3, 0.4) is 0 Å². The number of Topliss-reactive ketones (excluding diaryl/α,β-unsaturated/α-hetero) is 1. The van der Waals surface area contributed by atoms with Gasteiger partial charge in [-0.2, -0.15) is 0 Å². The molecule has 0 spiro atoms. The van der Waals surface area contributed by atoms with Crippen LogP contribution in [0.1, 0.15) is 69.2 Å². The van der Waals surface area contributed by atoms with E-state index in [1.807, 2.05) is 56.4 Å². The molecule has 1 N–H and O–H groups in total. The maximum absolute atomic E-state index is 13.2. The van der Waals surface area contributed by atoms with Gasteiger partial charge >= 0.3 is 0 Å². The summed E-state index contributed by atoms with van der Waals surface area (Å²) in [7, 11) is 2.03. The normalized spacial score (nSPS) is 19.0. The Labute approximate surface area is 196 Å². The van der Waals surface area contributed by atoms with Crippen LogP contribution in [0.4, 0.5) is 0 Å². The highest BCUT2D eigenvalue weighted by Crippen LogP contribution is 2.32. The second kappa shape index (κ2) is 10.3. The number of hydrogen-bond donors (Lipinski definition) is 1. The molecule has 5 heteroatoms. The number of benzene rings is 2. The number of nitrogens with zero attached hydrogens (tertiary/aromatic N) is 2. The molecule has 174 valence electrons. The highest BCUT2D eigenvalue weighted by atomic mass is 16.1. The van der Waals surface area contributed by atoms with E-state index >= 15 is 0 Å². The number of ketones is 1. The number of carbonyl (C=O) groups excluding carboxylic acids is 2. The minimum absolute atomic E-state index is 0.0517. The topological polar surface area (TPSA) is 64.0 Å². The fourth-order valence-corrected chi connectivity index (χ4v) is 5.18. The summed E-state index contributed by atoms with van der Waals surface area (Å²) in [4.78, 5) is 29.6. The van der Waals surface area contributed by atoms with E-state index in [1.165, 1.54) is 0 Å². The van der Waals surface area contributed by atoms with E-state index in [2.05, 4.69) is 22.9 Å². The SMILES string of the molecule is CCC(=O)NC1CCC(CCC(CC)C(=O)c2ccc(-c3nc4ccccc4n3C)cc2)C1. The van der Waals surface area contributed by atoms with Crippen LogP contribution in [0.25, 0.3) is 22.4 Å². The predicted octanol–water partition coefficient (Wildman–Crippen LogP) is 5.92. The number of fused-ring (bicyclic) bond motifs is 1. The van der Waals surface area contributed by atoms with Crippen molar-refractivity contribution in [3.63, 3.8) is 0 Å². The van der Waals surface area contributed by atoms with Gasteiger partial charge in [0.25, 0.3) is 0 Å². The summed E-state index contributed by atoms with van der Waals surface area (Å²) in [6.45, 7) is 4.00. The van der Waals surface area contributed by atoms with Crippen molar-refractivity contribution in [3.8, 4) is 11.4 Å². The molecule has 1 fully saturated rings. The molecule has 5 nitrogen and oxygen atoms in total. The molecule has 0 aliphatic heterocycles. The first kappa shape index (κ1) is 23.2. The molecule has 0 bridgehead atoms. The molecule has 3 unspecified atom stereocenters. The van der Waals surface area contributed by atoms with Crippen molar-refractivity contribution in [2.24, 2.45) is 18.9 Å². The van der Waals surface area contributed by atoms with Crippen molar-refractivity contribution in [1.82, 2.24) is 14.9 Å². The minimum atomic E-state index is 0.0517. The maximum atomic E-state index is 13.2. The minimum Gasteiger partial charge on any atom is -0.353 e. The first-order chi connectivity index (χ1) is 16.0. The van der Waals surface area contributed by atoms with E-state index < -0.39 is 0 Å². The Hall–Kier alpha value is -2.95. The predicted molar refractivity (Wildman–Crippen MR) is 133 cm³/mol. The van der Waals surface area contributed by atoms with Crippen LogP contribution in [-0.4, -0.2) is 27.3 Å². The summed E-state index contributed by atoms with van der Waals surface area (Å²) in [6.07, 6.45) is 6.62. The summed E-state index contributed by atoms with van der Waals surface area (Å²) in [5, 5.41) is 3.13. The molecule has 1 aromatic heterocycles. The second-order valence-corrected chi connectivity index (χ2v) is 9.40. The van der Waals surface area contributed by atoms with Crippen molar-refractivity contribution in [2.75, 3.05) is 0 Å². The Kier molecular flexibility index (Phi) is 7.26. The highest BCUT2D eigenvalue weighted by Gasteiger charge is 2.27. The lowest BCUT2D eigenvalue weighted by molar-refractivity contribution is -0.121. The number of carbonyl (C=O) groups is 2. The molecule has 3 aromatic rings. The third kappa shape index (κ3) is 5.18. The van der Waals surface area contributed by atoms with E-state index in [0.717, 1.165) is 66.5 Å². The van der Waals surface area contributed by atoms with E-state index in [4.69, 9.17) is 4.98 Å². The molecule has 1 aliphatic rings. The van der Waals surface area contributed by atoms with Crippen LogP contribution >= 0.6 is 0 Å². The van der Waals surface area contributed by atoms with Gasteiger partial charge in [-0.15, -0.1) is 0 Å². The molecule has 3 atom stereocenters. The molecule has 1 amide bonds. The standard InChI is InChI=1S/C28H35N3O2/c1-4-20(12-10-19-11-17-23(18-19)29-26(32)5-2)27(33)21-13-15-22(16-14-21)28-30-24-8-6-7-9-25(24)31(28)3/h6-9,13-16,19-20,23H,4-5,10-12,17-18H2,1-3H3,(H,29,32). The molecule has 4 rings (SSSR count). The van der Waals surface area contributed by atoms with Gasteiger partial charge in [-0.1, -0.05) is 50.2 Å². The third-order valence-electron chi connectivity index (χ3n) is 7.23. The number of amides is 1. The lowest BCUT2D eigenvalue weighted by Crippen LogP contribution is -2.32. The van der Waals surface area contributed by atoms with Gasteiger partial charge < -0.3 is 9.88 Å². The van der Waals surface area contributed by atoms with Crippen molar-refractivity contribution in [3.05, 3.63) is 54.1 Å². The van der Waals surface area contributed by atoms with Gasteiger partial charge in [0.1, 0.15) is 5.82 Å². The fourth-order valence-electron chi connectivity index (χ4n) is 5.18. The van der Waals surface area contributed by atoms with Crippen LogP contribution in [0.5, 0.6) is 0 Å². The van der Waals surface area contributed by atoms with Crippen LogP contribution in [0.15, 0.2) is 48.5 Å². The molecule has 33 heavy (non-hydrogen) atoms. The zero-order valence-electron chi connectivity index (χ0n) is 20.0. The fraction of sp³-hybridized carbons (Fsp3) is 0.464. The van der Waals surface area contributed by atoms with E-state index in [9.17, 15) is 9.59 Å². The van der Waals surface area contributed by atoms with Gasteiger partial charge in [0.15, 0.2) is 5.78 Å². The average molecular weight is 446 g/mol. The lowest BCUT2D eigenvalue weighted by atomic mass is 9.87. The first-order valence-corrected chi connectivity index (χ1v) is 12.4. The van der Waals surface area contributed by atoms with Crippen molar-refractivity contribution >= 4 is 22.7 Å². The number of para-hydroxylation sites is 2. The lowest BCUT2D eigenvalue weighted by Gasteiger charge is -2.17. The first-order valence-electron chi connectivity index (χ1n) is 12.4. The van der Waals surface area contributed by atoms with Crippen LogP contribution in [0, 0.1) is 11.8 Å². The van der Waals surface area contributed by atoms with E-state index in [-0.39, 0.29) is 17.6 Å². The molecule has 1 saturated carbocycles. The Morgan fingerprint density at radius 2 is 1.85 bits per heavy atom. The summed E-state index contributed by atoms with van der Waals surface area (Å²) in [6, 6.07) is 16.3. The van der Waals surface area contributed by atoms with Crippen LogP contribution in [-0.2, 0) is 11.8 Å². The number of hydrogen-bond acceptors (Lipinski definition) is 3. The molecule has 0 saturated heterocycles. The third-order valence-corrected chi connectivity index (χ3v) is 7.23. The molecule has 1 heterocycles. The molecular weight excluding hydrogens is 410 g/mol. The van der Waals surface area contributed by atoms with Gasteiger partial charge in [0.05, 0.1) is 11.0 Å². The summed E-state index contributed by atoms with van der Waals surface area (Å²) in [5.74, 6) is 1.95. The number of aromatic nitrogens is 2. The zero-order chi connectivity index (χ0) is 23.4. The summed E-state index contributed by atoms with van der Waals surface area (Å²) < 4.78 is 2.10. The highest BCUT2D eigenvalue weighted by molar-refractivity contribution is 5.98. The second-order valence-electron chi connectivity index (χ2n) is 9.40. The Balaban J connectivity index is 1.37. The summed E-state index contributed by atoms with van der Waals surface area (Å²) in [5.41, 5.74) is 3.88. The quantitative estimate of drug-likeness (QED) is 0.416. The van der Waals surface area contributed by atoms with Gasteiger partial charge in [0.2, 0.25) is 5.91 Å². The Morgan fingerprint density at radius 1 is 1.09 bits per heavy atom. The van der Waals surface area contributed by atoms with Gasteiger partial charge in [-0.25, -0.2) is 4.98 Å². The number of nitrogens with one attached hydrogen (secondary N) is 1. The number of rotatable bonds is 9. The largest absolute Gasteiger partial charge is 0.353 e. The van der Waals surface area contributed by atoms with Crippen molar-refractivity contribution < 1.29 is 9.59 Å².